The molecule has 8 nitrogen and oxygen atoms in total. The number of nitrogens with zero attached hydrogens (tertiary/aromatic N) is 2. The number of benzene rings is 2. The van der Waals surface area contributed by atoms with Crippen LogP contribution in [0.4, 0.5) is 5.69 Å². The highest BCUT2D eigenvalue weighted by molar-refractivity contribution is 7.77. The SMILES string of the molecule is CC(=O)Nc1ccc(COS(=O)N2N=C(c3ccccc3)C3C(=O)C(=O)C=CC32)cc1. The number of allylic oxidation sites excluding steroid dienone is 1. The first-order valence-electron chi connectivity index (χ1n) is 9.55. The molecule has 1 aliphatic carbocycles. The summed E-state index contributed by atoms with van der Waals surface area (Å²) in [6.45, 7) is 1.46. The number of ketones is 2. The van der Waals surface area contributed by atoms with Crippen molar-refractivity contribution < 1.29 is 22.8 Å². The molecule has 2 aliphatic rings. The van der Waals surface area contributed by atoms with E-state index in [2.05, 4.69) is 10.4 Å². The highest BCUT2D eigenvalue weighted by atomic mass is 32.2. The van der Waals surface area contributed by atoms with Crippen molar-refractivity contribution in [2.24, 2.45) is 11.0 Å². The molecule has 1 heterocycles. The minimum atomic E-state index is -1.99. The van der Waals surface area contributed by atoms with Crippen molar-refractivity contribution in [1.82, 2.24) is 4.41 Å². The fourth-order valence-corrected chi connectivity index (χ4v) is 4.34. The van der Waals surface area contributed by atoms with Gasteiger partial charge in [-0.1, -0.05) is 48.5 Å². The number of fused-ring (bicyclic) bond motifs is 1. The Bertz CT molecular complexity index is 1110. The predicted molar refractivity (Wildman–Crippen MR) is 115 cm³/mol. The van der Waals surface area contributed by atoms with Crippen molar-refractivity contribution in [3.05, 3.63) is 77.9 Å². The largest absolute Gasteiger partial charge is 0.326 e. The number of carbonyl (C=O) groups is 3. The maximum absolute atomic E-state index is 12.9. The summed E-state index contributed by atoms with van der Waals surface area (Å²) in [7, 11) is 0. The number of amides is 1. The van der Waals surface area contributed by atoms with Crippen LogP contribution >= 0.6 is 0 Å². The number of rotatable bonds is 6. The summed E-state index contributed by atoms with van der Waals surface area (Å²) >= 11 is -1.99. The van der Waals surface area contributed by atoms with Crippen LogP contribution in [-0.4, -0.2) is 37.9 Å². The zero-order chi connectivity index (χ0) is 22.0. The molecule has 0 aromatic heterocycles. The van der Waals surface area contributed by atoms with Crippen LogP contribution in [0.3, 0.4) is 0 Å². The summed E-state index contributed by atoms with van der Waals surface area (Å²) < 4.78 is 19.6. The number of hydrogen-bond acceptors (Lipinski definition) is 6. The summed E-state index contributed by atoms with van der Waals surface area (Å²) in [5.41, 5.74) is 2.47. The van der Waals surface area contributed by atoms with E-state index in [4.69, 9.17) is 4.18 Å². The van der Waals surface area contributed by atoms with Crippen molar-refractivity contribution in [2.75, 3.05) is 5.32 Å². The lowest BCUT2D eigenvalue weighted by Crippen LogP contribution is -2.43. The average Bonchev–Trinajstić information content (AvgIpc) is 3.16. The number of Topliss-reactive ketones (excluding diaryl/α,β-unsaturated/α-hetero) is 1. The summed E-state index contributed by atoms with van der Waals surface area (Å²) in [6.07, 6.45) is 2.73. The number of anilines is 1. The number of carbonyl (C=O) groups excluding carboxylic acids is 3. The van der Waals surface area contributed by atoms with Gasteiger partial charge in [0, 0.05) is 12.6 Å². The Morgan fingerprint density at radius 1 is 1.13 bits per heavy atom. The van der Waals surface area contributed by atoms with Gasteiger partial charge in [-0.15, -0.1) is 0 Å². The van der Waals surface area contributed by atoms with Gasteiger partial charge >= 0.3 is 0 Å². The third kappa shape index (κ3) is 4.37. The second-order valence-electron chi connectivity index (χ2n) is 7.07. The van der Waals surface area contributed by atoms with Gasteiger partial charge in [-0.2, -0.15) is 9.52 Å². The second-order valence-corrected chi connectivity index (χ2v) is 8.11. The Labute approximate surface area is 181 Å². The molecule has 158 valence electrons. The first-order valence-corrected chi connectivity index (χ1v) is 10.6. The van der Waals surface area contributed by atoms with Crippen molar-refractivity contribution in [3.8, 4) is 0 Å². The molecule has 1 aliphatic heterocycles. The summed E-state index contributed by atoms with van der Waals surface area (Å²) in [5, 5.41) is 7.07. The topological polar surface area (TPSA) is 105 Å². The molecule has 2 aromatic carbocycles. The monoisotopic (exact) mass is 437 g/mol. The zero-order valence-electron chi connectivity index (χ0n) is 16.6. The first-order chi connectivity index (χ1) is 14.9. The molecule has 0 fully saturated rings. The molecule has 0 spiro atoms. The Morgan fingerprint density at radius 3 is 2.52 bits per heavy atom. The Kier molecular flexibility index (Phi) is 5.88. The van der Waals surface area contributed by atoms with E-state index in [1.54, 1.807) is 48.5 Å². The molecule has 0 bridgehead atoms. The molecular formula is C22H19N3O5S. The van der Waals surface area contributed by atoms with Crippen molar-refractivity contribution in [3.63, 3.8) is 0 Å². The number of nitrogens with one attached hydrogen (secondary N) is 1. The second kappa shape index (κ2) is 8.75. The maximum Gasteiger partial charge on any atom is 0.281 e. The number of hydrogen-bond donors (Lipinski definition) is 1. The van der Waals surface area contributed by atoms with Crippen LogP contribution in [0.1, 0.15) is 18.1 Å². The van der Waals surface area contributed by atoms with Crippen molar-refractivity contribution in [2.45, 2.75) is 19.6 Å². The van der Waals surface area contributed by atoms with Crippen LogP contribution in [0.5, 0.6) is 0 Å². The molecule has 1 N–H and O–H groups in total. The summed E-state index contributed by atoms with van der Waals surface area (Å²) in [4.78, 5) is 35.6. The molecule has 3 atom stereocenters. The van der Waals surface area contributed by atoms with Crippen molar-refractivity contribution >= 4 is 40.1 Å². The minimum Gasteiger partial charge on any atom is -0.326 e. The van der Waals surface area contributed by atoms with E-state index in [-0.39, 0.29) is 12.5 Å². The molecule has 0 radical (unpaired) electrons. The van der Waals surface area contributed by atoms with Gasteiger partial charge in [0.15, 0.2) is 0 Å². The van der Waals surface area contributed by atoms with Gasteiger partial charge in [-0.25, -0.2) is 4.21 Å². The standard InChI is InChI=1S/C22H19N3O5S/c1-14(26)23-17-9-7-15(8-10-17)13-30-31(29)25-18-11-12-19(27)22(28)20(18)21(24-25)16-5-3-2-4-6-16/h2-12,18,20H,13H2,1H3,(H,23,26). The molecule has 0 saturated carbocycles. The molecule has 9 heteroatoms. The normalized spacial score (nSPS) is 20.9. The quantitative estimate of drug-likeness (QED) is 0.698. The van der Waals surface area contributed by atoms with Gasteiger partial charge in [-0.3, -0.25) is 18.6 Å². The molecular weight excluding hydrogens is 418 g/mol. The lowest BCUT2D eigenvalue weighted by Gasteiger charge is -2.24. The number of hydrazone groups is 1. The third-order valence-corrected chi connectivity index (χ3v) is 5.84. The Balaban J connectivity index is 1.52. The highest BCUT2D eigenvalue weighted by Gasteiger charge is 2.47. The van der Waals surface area contributed by atoms with E-state index in [9.17, 15) is 18.6 Å². The van der Waals surface area contributed by atoms with Crippen LogP contribution in [0.25, 0.3) is 0 Å². The van der Waals surface area contributed by atoms with E-state index in [0.717, 1.165) is 5.56 Å². The maximum atomic E-state index is 12.9. The van der Waals surface area contributed by atoms with E-state index in [1.807, 2.05) is 6.07 Å². The molecule has 4 rings (SSSR count). The van der Waals surface area contributed by atoms with E-state index >= 15 is 0 Å². The fourth-order valence-electron chi connectivity index (χ4n) is 3.45. The van der Waals surface area contributed by atoms with Gasteiger partial charge in [0.1, 0.15) is 0 Å². The fraction of sp³-hybridized carbons (Fsp3) is 0.182. The predicted octanol–water partition coefficient (Wildman–Crippen LogP) is 2.15. The van der Waals surface area contributed by atoms with E-state index < -0.39 is 34.8 Å². The van der Waals surface area contributed by atoms with E-state index in [1.165, 1.54) is 23.5 Å². The molecule has 1 amide bonds. The van der Waals surface area contributed by atoms with Gasteiger partial charge < -0.3 is 5.32 Å². The molecule has 2 aromatic rings. The van der Waals surface area contributed by atoms with Crippen LogP contribution < -0.4 is 5.32 Å². The molecule has 31 heavy (non-hydrogen) atoms. The van der Waals surface area contributed by atoms with Gasteiger partial charge in [-0.05, 0) is 29.3 Å². The van der Waals surface area contributed by atoms with Crippen molar-refractivity contribution in [1.29, 1.82) is 0 Å². The third-order valence-electron chi connectivity index (χ3n) is 4.89. The van der Waals surface area contributed by atoms with Crippen LogP contribution in [0.15, 0.2) is 71.9 Å². The van der Waals surface area contributed by atoms with Crippen LogP contribution in [-0.2, 0) is 36.4 Å². The smallest absolute Gasteiger partial charge is 0.281 e. The zero-order valence-corrected chi connectivity index (χ0v) is 17.4. The first kappa shape index (κ1) is 20.8. The van der Waals surface area contributed by atoms with E-state index in [0.29, 0.717) is 17.0 Å². The van der Waals surface area contributed by atoms with Gasteiger partial charge in [0.25, 0.3) is 11.3 Å². The average molecular weight is 437 g/mol. The Hall–Kier alpha value is -3.43. The Morgan fingerprint density at radius 2 is 1.84 bits per heavy atom. The lowest BCUT2D eigenvalue weighted by atomic mass is 9.83. The van der Waals surface area contributed by atoms with Crippen LogP contribution in [0.2, 0.25) is 0 Å². The summed E-state index contributed by atoms with van der Waals surface area (Å²) in [6, 6.07) is 15.3. The van der Waals surface area contributed by atoms with Gasteiger partial charge in [0.05, 0.1) is 24.3 Å². The highest BCUT2D eigenvalue weighted by Crippen LogP contribution is 2.32. The lowest BCUT2D eigenvalue weighted by molar-refractivity contribution is -0.135. The molecule has 3 unspecified atom stereocenters. The van der Waals surface area contributed by atoms with Gasteiger partial charge in [0.2, 0.25) is 17.5 Å². The van der Waals surface area contributed by atoms with Crippen LogP contribution in [0, 0.1) is 5.92 Å². The summed E-state index contributed by atoms with van der Waals surface area (Å²) in [5.74, 6) is -2.18. The molecule has 0 saturated heterocycles. The minimum absolute atomic E-state index is 0.0353.